The number of anilines is 3. The van der Waals surface area contributed by atoms with Gasteiger partial charge in [0.15, 0.2) is 0 Å². The molecule has 6 heteroatoms. The number of carbonyl (C=O) groups is 1. The predicted octanol–water partition coefficient (Wildman–Crippen LogP) is 1.09. The molecule has 0 aliphatic carbocycles. The maximum atomic E-state index is 11.4. The molecule has 0 aromatic heterocycles. The maximum absolute atomic E-state index is 11.4. The third kappa shape index (κ3) is 4.91. The van der Waals surface area contributed by atoms with Crippen LogP contribution in [-0.4, -0.2) is 51.5 Å². The Kier molecular flexibility index (Phi) is 5.99. The molecule has 6 nitrogen and oxygen atoms in total. The molecule has 1 rings (SSSR count). The van der Waals surface area contributed by atoms with Crippen LogP contribution < -0.4 is 15.5 Å². The van der Waals surface area contributed by atoms with Crippen molar-refractivity contribution in [1.29, 1.82) is 0 Å². The number of nitrogens with two attached hydrogens (primary N) is 1. The Morgan fingerprint density at radius 2 is 2.05 bits per heavy atom. The monoisotopic (exact) mass is 295 g/mol. The van der Waals surface area contributed by atoms with Crippen molar-refractivity contribution < 1.29 is 14.6 Å². The Morgan fingerprint density at radius 1 is 1.38 bits per heavy atom. The molecule has 1 amide bonds. The van der Waals surface area contributed by atoms with Crippen LogP contribution in [0.4, 0.5) is 17.1 Å². The molecule has 118 valence electrons. The van der Waals surface area contributed by atoms with E-state index in [0.29, 0.717) is 18.7 Å². The SMILES string of the molecule is COCC(C)(O)CCN(C=O)c1cc(N)ccc1N(C)C. The average Bonchev–Trinajstić information content (AvgIpc) is 2.39. The second-order valence-corrected chi connectivity index (χ2v) is 5.62. The number of benzene rings is 1. The molecule has 1 unspecified atom stereocenters. The summed E-state index contributed by atoms with van der Waals surface area (Å²) in [6, 6.07) is 5.42. The molecule has 1 aromatic carbocycles. The fraction of sp³-hybridized carbons (Fsp3) is 0.533. The van der Waals surface area contributed by atoms with E-state index in [1.165, 1.54) is 7.11 Å². The quantitative estimate of drug-likeness (QED) is 0.554. The molecule has 0 saturated heterocycles. The average molecular weight is 295 g/mol. The minimum Gasteiger partial charge on any atom is -0.399 e. The first-order valence-electron chi connectivity index (χ1n) is 6.81. The Bertz CT molecular complexity index is 475. The maximum Gasteiger partial charge on any atom is 0.214 e. The number of rotatable bonds is 8. The molecule has 0 bridgehead atoms. The van der Waals surface area contributed by atoms with Crippen molar-refractivity contribution in [3.63, 3.8) is 0 Å². The molecule has 0 aliphatic heterocycles. The molecule has 0 heterocycles. The Morgan fingerprint density at radius 3 is 2.57 bits per heavy atom. The van der Waals surface area contributed by atoms with E-state index in [1.54, 1.807) is 24.0 Å². The molecule has 1 atom stereocenters. The largest absolute Gasteiger partial charge is 0.399 e. The number of aliphatic hydroxyl groups is 1. The van der Waals surface area contributed by atoms with Crippen LogP contribution in [0.1, 0.15) is 13.3 Å². The lowest BCUT2D eigenvalue weighted by Crippen LogP contribution is -2.36. The Hall–Kier alpha value is -1.79. The number of carbonyl (C=O) groups excluding carboxylic acids is 1. The number of amides is 1. The molecule has 3 N–H and O–H groups in total. The van der Waals surface area contributed by atoms with Crippen molar-refractivity contribution in [3.05, 3.63) is 18.2 Å². The zero-order valence-electron chi connectivity index (χ0n) is 13.2. The highest BCUT2D eigenvalue weighted by atomic mass is 16.5. The molecular weight excluding hydrogens is 270 g/mol. The lowest BCUT2D eigenvalue weighted by atomic mass is 10.0. The molecule has 0 spiro atoms. The summed E-state index contributed by atoms with van der Waals surface area (Å²) >= 11 is 0. The lowest BCUT2D eigenvalue weighted by Gasteiger charge is -2.28. The van der Waals surface area contributed by atoms with Gasteiger partial charge < -0.3 is 25.4 Å². The first kappa shape index (κ1) is 17.3. The zero-order valence-corrected chi connectivity index (χ0v) is 13.2. The van der Waals surface area contributed by atoms with E-state index in [4.69, 9.17) is 10.5 Å². The summed E-state index contributed by atoms with van der Waals surface area (Å²) in [5.41, 5.74) is 7.05. The highest BCUT2D eigenvalue weighted by Gasteiger charge is 2.22. The number of hydrogen-bond acceptors (Lipinski definition) is 5. The van der Waals surface area contributed by atoms with Gasteiger partial charge >= 0.3 is 0 Å². The summed E-state index contributed by atoms with van der Waals surface area (Å²) in [4.78, 5) is 14.9. The van der Waals surface area contributed by atoms with Gasteiger partial charge in [0.05, 0.1) is 23.6 Å². The van der Waals surface area contributed by atoms with E-state index in [0.717, 1.165) is 17.8 Å². The van der Waals surface area contributed by atoms with Gasteiger partial charge in [-0.05, 0) is 31.5 Å². The molecule has 0 radical (unpaired) electrons. The number of ether oxygens (including phenoxy) is 1. The fourth-order valence-corrected chi connectivity index (χ4v) is 2.12. The third-order valence-corrected chi connectivity index (χ3v) is 3.26. The summed E-state index contributed by atoms with van der Waals surface area (Å²) in [7, 11) is 5.34. The van der Waals surface area contributed by atoms with Crippen LogP contribution in [-0.2, 0) is 9.53 Å². The van der Waals surface area contributed by atoms with Crippen molar-refractivity contribution in [1.82, 2.24) is 0 Å². The lowest BCUT2D eigenvalue weighted by molar-refractivity contribution is -0.107. The highest BCUT2D eigenvalue weighted by Crippen LogP contribution is 2.30. The summed E-state index contributed by atoms with van der Waals surface area (Å²) in [6.45, 7) is 2.28. The molecule has 0 aliphatic rings. The van der Waals surface area contributed by atoms with Crippen molar-refractivity contribution in [2.75, 3.05) is 49.9 Å². The van der Waals surface area contributed by atoms with Crippen molar-refractivity contribution in [2.45, 2.75) is 18.9 Å². The minimum atomic E-state index is -0.978. The molecule has 1 aromatic rings. The number of methoxy groups -OCH3 is 1. The van der Waals surface area contributed by atoms with Gasteiger partial charge in [-0.2, -0.15) is 0 Å². The van der Waals surface area contributed by atoms with E-state index < -0.39 is 5.60 Å². The van der Waals surface area contributed by atoms with Gasteiger partial charge in [-0.1, -0.05) is 0 Å². The van der Waals surface area contributed by atoms with E-state index >= 15 is 0 Å². The standard InChI is InChI=1S/C15H25N3O3/c1-15(20,10-21-4)7-8-18(11-19)14-9-12(16)5-6-13(14)17(2)3/h5-6,9,11,20H,7-8,10,16H2,1-4H3. The Balaban J connectivity index is 2.95. The van der Waals surface area contributed by atoms with Gasteiger partial charge in [0.25, 0.3) is 0 Å². The second kappa shape index (κ2) is 7.28. The van der Waals surface area contributed by atoms with Gasteiger partial charge in [0.1, 0.15) is 0 Å². The minimum absolute atomic E-state index is 0.219. The molecular formula is C15H25N3O3. The van der Waals surface area contributed by atoms with Gasteiger partial charge in [0, 0.05) is 33.4 Å². The highest BCUT2D eigenvalue weighted by molar-refractivity contribution is 5.85. The van der Waals surface area contributed by atoms with Crippen LogP contribution in [0.15, 0.2) is 18.2 Å². The van der Waals surface area contributed by atoms with Crippen LogP contribution in [0.25, 0.3) is 0 Å². The van der Waals surface area contributed by atoms with E-state index in [1.807, 2.05) is 25.1 Å². The van der Waals surface area contributed by atoms with Gasteiger partial charge in [-0.3, -0.25) is 4.79 Å². The number of hydrogen-bond donors (Lipinski definition) is 2. The van der Waals surface area contributed by atoms with Gasteiger partial charge in [-0.15, -0.1) is 0 Å². The number of nitrogens with zero attached hydrogens (tertiary/aromatic N) is 2. The smallest absolute Gasteiger partial charge is 0.214 e. The third-order valence-electron chi connectivity index (χ3n) is 3.26. The van der Waals surface area contributed by atoms with E-state index in [2.05, 4.69) is 0 Å². The fourth-order valence-electron chi connectivity index (χ4n) is 2.12. The van der Waals surface area contributed by atoms with Crippen molar-refractivity contribution in [3.8, 4) is 0 Å². The van der Waals surface area contributed by atoms with Crippen LogP contribution in [0.3, 0.4) is 0 Å². The van der Waals surface area contributed by atoms with Crippen molar-refractivity contribution >= 4 is 23.5 Å². The van der Waals surface area contributed by atoms with E-state index in [9.17, 15) is 9.90 Å². The van der Waals surface area contributed by atoms with Crippen LogP contribution in [0.2, 0.25) is 0 Å². The topological polar surface area (TPSA) is 79.0 Å². The number of nitrogen functional groups attached to an aromatic ring is 1. The van der Waals surface area contributed by atoms with Gasteiger partial charge in [-0.25, -0.2) is 0 Å². The zero-order chi connectivity index (χ0) is 16.0. The summed E-state index contributed by atoms with van der Waals surface area (Å²) < 4.78 is 4.97. The van der Waals surface area contributed by atoms with Crippen LogP contribution in [0, 0.1) is 0 Å². The summed E-state index contributed by atoms with van der Waals surface area (Å²) in [5.74, 6) is 0. The van der Waals surface area contributed by atoms with Crippen LogP contribution >= 0.6 is 0 Å². The second-order valence-electron chi connectivity index (χ2n) is 5.62. The Labute approximate surface area is 126 Å². The predicted molar refractivity (Wildman–Crippen MR) is 85.7 cm³/mol. The van der Waals surface area contributed by atoms with Crippen LogP contribution in [0.5, 0.6) is 0 Å². The van der Waals surface area contributed by atoms with Gasteiger partial charge in [0.2, 0.25) is 6.41 Å². The molecule has 0 fully saturated rings. The summed E-state index contributed by atoms with van der Waals surface area (Å²) in [6.07, 6.45) is 1.16. The molecule has 21 heavy (non-hydrogen) atoms. The normalized spacial score (nSPS) is 13.6. The first-order chi connectivity index (χ1) is 9.80. The first-order valence-corrected chi connectivity index (χ1v) is 6.81. The van der Waals surface area contributed by atoms with Crippen molar-refractivity contribution in [2.24, 2.45) is 0 Å². The summed E-state index contributed by atoms with van der Waals surface area (Å²) in [5, 5.41) is 10.1. The van der Waals surface area contributed by atoms with E-state index in [-0.39, 0.29) is 6.61 Å². The molecule has 0 saturated carbocycles.